The summed E-state index contributed by atoms with van der Waals surface area (Å²) in [5.74, 6) is 0.893. The standard InChI is InChI=1S/C17H27N3O3/c21-13-17(7-1-2-8-17)19-16(22)18-12-14(15-6-5-11-23-15)20-9-3-4-10-20/h5-6,11,14,21H,1-4,7-10,12-13H2,(H2,18,19,22). The summed E-state index contributed by atoms with van der Waals surface area (Å²) in [6, 6.07) is 3.73. The van der Waals surface area contributed by atoms with E-state index in [1.165, 1.54) is 12.8 Å². The first-order valence-electron chi connectivity index (χ1n) is 8.67. The van der Waals surface area contributed by atoms with Crippen molar-refractivity contribution in [2.75, 3.05) is 26.2 Å². The predicted octanol–water partition coefficient (Wildman–Crippen LogP) is 2.02. The average molecular weight is 321 g/mol. The number of nitrogens with one attached hydrogen (secondary N) is 2. The maximum absolute atomic E-state index is 12.3. The Kier molecular flexibility index (Phi) is 5.23. The smallest absolute Gasteiger partial charge is 0.315 e. The number of furan rings is 1. The van der Waals surface area contributed by atoms with Crippen molar-refractivity contribution in [1.82, 2.24) is 15.5 Å². The number of aliphatic hydroxyl groups excluding tert-OH is 1. The molecule has 0 spiro atoms. The molecule has 6 heteroatoms. The van der Waals surface area contributed by atoms with Gasteiger partial charge < -0.3 is 20.2 Å². The zero-order valence-electron chi connectivity index (χ0n) is 13.6. The first-order chi connectivity index (χ1) is 11.2. The number of rotatable bonds is 6. The normalized spacial score (nSPS) is 22.1. The van der Waals surface area contributed by atoms with Crippen molar-refractivity contribution in [3.05, 3.63) is 24.2 Å². The van der Waals surface area contributed by atoms with E-state index in [1.807, 2.05) is 12.1 Å². The maximum Gasteiger partial charge on any atom is 0.315 e. The molecule has 0 radical (unpaired) electrons. The number of nitrogens with zero attached hydrogens (tertiary/aromatic N) is 1. The highest BCUT2D eigenvalue weighted by Crippen LogP contribution is 2.29. The van der Waals surface area contributed by atoms with Crippen molar-refractivity contribution >= 4 is 6.03 Å². The molecule has 2 heterocycles. The minimum atomic E-state index is -0.433. The minimum absolute atomic E-state index is 0.00809. The van der Waals surface area contributed by atoms with Crippen LogP contribution < -0.4 is 10.6 Å². The minimum Gasteiger partial charge on any atom is -0.468 e. The molecule has 3 N–H and O–H groups in total. The van der Waals surface area contributed by atoms with Gasteiger partial charge in [-0.2, -0.15) is 0 Å². The number of carbonyl (C=O) groups excluding carboxylic acids is 1. The summed E-state index contributed by atoms with van der Waals surface area (Å²) in [5, 5.41) is 15.6. The topological polar surface area (TPSA) is 77.7 Å². The second-order valence-electron chi connectivity index (χ2n) is 6.75. The maximum atomic E-state index is 12.3. The zero-order valence-corrected chi connectivity index (χ0v) is 13.6. The highest BCUT2D eigenvalue weighted by molar-refractivity contribution is 5.75. The quantitative estimate of drug-likeness (QED) is 0.749. The van der Waals surface area contributed by atoms with Crippen molar-refractivity contribution < 1.29 is 14.3 Å². The number of urea groups is 1. The van der Waals surface area contributed by atoms with Crippen LogP contribution in [0, 0.1) is 0 Å². The van der Waals surface area contributed by atoms with Gasteiger partial charge in [-0.05, 0) is 50.9 Å². The van der Waals surface area contributed by atoms with E-state index < -0.39 is 5.54 Å². The van der Waals surface area contributed by atoms with Crippen LogP contribution in [-0.4, -0.2) is 47.8 Å². The third-order valence-corrected chi connectivity index (χ3v) is 5.15. The van der Waals surface area contributed by atoms with Crippen LogP contribution in [0.4, 0.5) is 4.79 Å². The van der Waals surface area contributed by atoms with E-state index in [2.05, 4.69) is 15.5 Å². The summed E-state index contributed by atoms with van der Waals surface area (Å²) in [7, 11) is 0. The van der Waals surface area contributed by atoms with Crippen LogP contribution in [-0.2, 0) is 0 Å². The summed E-state index contributed by atoms with van der Waals surface area (Å²) in [6.45, 7) is 2.60. The van der Waals surface area contributed by atoms with Gasteiger partial charge in [-0.25, -0.2) is 4.79 Å². The van der Waals surface area contributed by atoms with Gasteiger partial charge in [0, 0.05) is 6.54 Å². The Balaban J connectivity index is 1.56. The molecule has 1 saturated heterocycles. The number of hydrogen-bond acceptors (Lipinski definition) is 4. The van der Waals surface area contributed by atoms with Gasteiger partial charge in [0.05, 0.1) is 24.5 Å². The highest BCUT2D eigenvalue weighted by Gasteiger charge is 2.35. The fourth-order valence-corrected chi connectivity index (χ4v) is 3.79. The molecule has 6 nitrogen and oxygen atoms in total. The largest absolute Gasteiger partial charge is 0.468 e. The Bertz CT molecular complexity index is 491. The zero-order chi connectivity index (χ0) is 16.1. The Morgan fingerprint density at radius 3 is 2.65 bits per heavy atom. The van der Waals surface area contributed by atoms with Gasteiger partial charge in [-0.15, -0.1) is 0 Å². The fraction of sp³-hybridized carbons (Fsp3) is 0.706. The summed E-state index contributed by atoms with van der Waals surface area (Å²) in [5.41, 5.74) is -0.433. The summed E-state index contributed by atoms with van der Waals surface area (Å²) in [4.78, 5) is 14.6. The number of aliphatic hydroxyl groups is 1. The lowest BCUT2D eigenvalue weighted by Gasteiger charge is -2.30. The number of likely N-dealkylation sites (tertiary alicyclic amines) is 1. The molecule has 128 valence electrons. The first kappa shape index (κ1) is 16.3. The van der Waals surface area contributed by atoms with Crippen LogP contribution in [0.25, 0.3) is 0 Å². The molecule has 0 bridgehead atoms. The second-order valence-corrected chi connectivity index (χ2v) is 6.75. The van der Waals surface area contributed by atoms with Gasteiger partial charge in [0.1, 0.15) is 5.76 Å². The monoisotopic (exact) mass is 321 g/mol. The molecule has 1 unspecified atom stereocenters. The van der Waals surface area contributed by atoms with Gasteiger partial charge in [0.15, 0.2) is 0 Å². The summed E-state index contributed by atoms with van der Waals surface area (Å²) < 4.78 is 5.56. The molecule has 2 aliphatic rings. The van der Waals surface area contributed by atoms with Crippen LogP contribution in [0.1, 0.15) is 50.3 Å². The highest BCUT2D eigenvalue weighted by atomic mass is 16.3. The lowest BCUT2D eigenvalue weighted by atomic mass is 9.99. The fourth-order valence-electron chi connectivity index (χ4n) is 3.79. The molecule has 1 saturated carbocycles. The van der Waals surface area contributed by atoms with Crippen molar-refractivity contribution in [2.45, 2.75) is 50.1 Å². The number of carbonyl (C=O) groups is 1. The third-order valence-electron chi connectivity index (χ3n) is 5.15. The number of amides is 2. The van der Waals surface area contributed by atoms with Gasteiger partial charge in [0.2, 0.25) is 0 Å². The third kappa shape index (κ3) is 3.87. The van der Waals surface area contributed by atoms with Crippen LogP contribution in [0.5, 0.6) is 0 Å². The molecule has 1 aliphatic heterocycles. The Labute approximate surface area is 137 Å². The van der Waals surface area contributed by atoms with E-state index >= 15 is 0 Å². The molecule has 2 fully saturated rings. The van der Waals surface area contributed by atoms with E-state index in [0.717, 1.165) is 44.5 Å². The first-order valence-corrected chi connectivity index (χ1v) is 8.67. The van der Waals surface area contributed by atoms with Crippen LogP contribution in [0.3, 0.4) is 0 Å². The molecule has 1 aromatic rings. The van der Waals surface area contributed by atoms with Gasteiger partial charge >= 0.3 is 6.03 Å². The molecule has 1 aliphatic carbocycles. The Morgan fingerprint density at radius 1 is 1.30 bits per heavy atom. The van der Waals surface area contributed by atoms with Crippen molar-refractivity contribution in [2.24, 2.45) is 0 Å². The SMILES string of the molecule is O=C(NCC(c1ccco1)N1CCCC1)NC1(CO)CCCC1. The van der Waals surface area contributed by atoms with E-state index in [0.29, 0.717) is 6.54 Å². The molecule has 0 aromatic carbocycles. The van der Waals surface area contributed by atoms with E-state index in [1.54, 1.807) is 6.26 Å². The average Bonchev–Trinajstić information content (AvgIpc) is 3.31. The summed E-state index contributed by atoms with van der Waals surface area (Å²) in [6.07, 6.45) is 7.88. The molecule has 3 rings (SSSR count). The summed E-state index contributed by atoms with van der Waals surface area (Å²) >= 11 is 0. The molecule has 23 heavy (non-hydrogen) atoms. The van der Waals surface area contributed by atoms with Gasteiger partial charge in [-0.1, -0.05) is 12.8 Å². The second kappa shape index (κ2) is 7.36. The lowest BCUT2D eigenvalue weighted by Crippen LogP contribution is -2.53. The molecule has 2 amide bonds. The lowest BCUT2D eigenvalue weighted by molar-refractivity contribution is 0.159. The van der Waals surface area contributed by atoms with Crippen molar-refractivity contribution in [3.63, 3.8) is 0 Å². The van der Waals surface area contributed by atoms with Gasteiger partial charge in [-0.3, -0.25) is 4.90 Å². The van der Waals surface area contributed by atoms with Crippen LogP contribution in [0.15, 0.2) is 22.8 Å². The van der Waals surface area contributed by atoms with E-state index in [9.17, 15) is 9.90 Å². The number of hydrogen-bond donors (Lipinski definition) is 3. The van der Waals surface area contributed by atoms with Gasteiger partial charge in [0.25, 0.3) is 0 Å². The van der Waals surface area contributed by atoms with E-state index in [4.69, 9.17) is 4.42 Å². The van der Waals surface area contributed by atoms with Crippen LogP contribution in [0.2, 0.25) is 0 Å². The Hall–Kier alpha value is -1.53. The molecular weight excluding hydrogens is 294 g/mol. The predicted molar refractivity (Wildman–Crippen MR) is 87.1 cm³/mol. The van der Waals surface area contributed by atoms with Crippen molar-refractivity contribution in [1.29, 1.82) is 0 Å². The molecular formula is C17H27N3O3. The Morgan fingerprint density at radius 2 is 2.04 bits per heavy atom. The molecule has 1 aromatic heterocycles. The molecule has 1 atom stereocenters. The van der Waals surface area contributed by atoms with Crippen molar-refractivity contribution in [3.8, 4) is 0 Å². The van der Waals surface area contributed by atoms with E-state index in [-0.39, 0.29) is 18.7 Å². The van der Waals surface area contributed by atoms with Crippen LogP contribution >= 0.6 is 0 Å².